The van der Waals surface area contributed by atoms with Gasteiger partial charge in [0, 0.05) is 5.56 Å². The van der Waals surface area contributed by atoms with Gasteiger partial charge in [0.1, 0.15) is 36.5 Å². The summed E-state index contributed by atoms with van der Waals surface area (Å²) in [6.45, 7) is 3.35. The average molecular weight is 378 g/mol. The molecule has 1 aromatic heterocycles. The number of aryl methyl sites for hydroxylation is 1. The maximum Gasteiger partial charge on any atom is 0.323 e. The zero-order valence-electron chi connectivity index (χ0n) is 15.7. The summed E-state index contributed by atoms with van der Waals surface area (Å²) < 4.78 is 16.9. The van der Waals surface area contributed by atoms with E-state index in [9.17, 15) is 4.79 Å². The Balaban J connectivity index is 1.31. The monoisotopic (exact) mass is 378 g/mol. The number of oxazole rings is 1. The molecule has 1 saturated heterocycles. The Morgan fingerprint density at radius 1 is 1.14 bits per heavy atom. The lowest BCUT2D eigenvalue weighted by Crippen LogP contribution is -2.49. The third-order valence-corrected chi connectivity index (χ3v) is 4.70. The smallest absolute Gasteiger partial charge is 0.323 e. The van der Waals surface area contributed by atoms with Gasteiger partial charge in [-0.3, -0.25) is 4.79 Å². The number of carbonyl (C=O) groups excluding carboxylic acids is 1. The lowest BCUT2D eigenvalue weighted by Gasteiger charge is -2.25. The highest BCUT2D eigenvalue weighted by molar-refractivity contribution is 5.76. The number of nitrogens with zero attached hydrogens (tertiary/aromatic N) is 1. The molecular formula is C22H22N2O4. The molecule has 28 heavy (non-hydrogen) atoms. The minimum Gasteiger partial charge on any atom is -0.487 e. The number of benzene rings is 2. The van der Waals surface area contributed by atoms with Gasteiger partial charge in [0.2, 0.25) is 5.89 Å². The second kappa shape index (κ2) is 8.27. The van der Waals surface area contributed by atoms with Crippen molar-refractivity contribution >= 4 is 5.97 Å². The van der Waals surface area contributed by atoms with Crippen molar-refractivity contribution in [1.29, 1.82) is 0 Å². The molecule has 0 aliphatic carbocycles. The van der Waals surface area contributed by atoms with Gasteiger partial charge >= 0.3 is 5.97 Å². The van der Waals surface area contributed by atoms with E-state index in [0.717, 1.165) is 41.3 Å². The van der Waals surface area contributed by atoms with Crippen molar-refractivity contribution in [1.82, 2.24) is 10.3 Å². The largest absolute Gasteiger partial charge is 0.487 e. The summed E-state index contributed by atoms with van der Waals surface area (Å²) in [4.78, 5) is 16.3. The number of aromatic nitrogens is 1. The van der Waals surface area contributed by atoms with Crippen LogP contribution in [0.2, 0.25) is 0 Å². The minimum absolute atomic E-state index is 0.144. The number of hydrogen-bond donors (Lipinski definition) is 1. The highest BCUT2D eigenvalue weighted by Gasteiger charge is 2.25. The zero-order chi connectivity index (χ0) is 19.3. The van der Waals surface area contributed by atoms with Crippen LogP contribution in [0.4, 0.5) is 0 Å². The Kier molecular flexibility index (Phi) is 5.39. The van der Waals surface area contributed by atoms with Crippen LogP contribution in [0.1, 0.15) is 23.4 Å². The van der Waals surface area contributed by atoms with Gasteiger partial charge < -0.3 is 19.2 Å². The highest BCUT2D eigenvalue weighted by Crippen LogP contribution is 2.23. The first-order valence-electron chi connectivity index (χ1n) is 9.32. The molecule has 2 aromatic carbocycles. The lowest BCUT2D eigenvalue weighted by molar-refractivity contribution is -0.149. The van der Waals surface area contributed by atoms with Gasteiger partial charge in [0.25, 0.3) is 0 Å². The van der Waals surface area contributed by atoms with E-state index in [2.05, 4.69) is 10.3 Å². The maximum atomic E-state index is 11.7. The molecule has 1 N–H and O–H groups in total. The summed E-state index contributed by atoms with van der Waals surface area (Å²) in [7, 11) is 0. The van der Waals surface area contributed by atoms with Crippen LogP contribution in [0.25, 0.3) is 11.5 Å². The molecule has 4 rings (SSSR count). The van der Waals surface area contributed by atoms with E-state index in [4.69, 9.17) is 13.9 Å². The first-order valence-corrected chi connectivity index (χ1v) is 9.32. The predicted octanol–water partition coefficient (Wildman–Crippen LogP) is 3.63. The van der Waals surface area contributed by atoms with Crippen LogP contribution in [-0.4, -0.2) is 23.5 Å². The summed E-state index contributed by atoms with van der Waals surface area (Å²) in [6.07, 6.45) is 0.846. The highest BCUT2D eigenvalue weighted by atomic mass is 16.5. The molecule has 1 aliphatic rings. The van der Waals surface area contributed by atoms with Crippen molar-refractivity contribution < 1.29 is 18.7 Å². The average Bonchev–Trinajstić information content (AvgIpc) is 3.06. The molecule has 0 spiro atoms. The molecule has 0 saturated carbocycles. The van der Waals surface area contributed by atoms with E-state index in [0.29, 0.717) is 12.5 Å². The van der Waals surface area contributed by atoms with Crippen molar-refractivity contribution in [2.45, 2.75) is 32.6 Å². The number of nitrogens with one attached hydrogen (secondary N) is 1. The van der Waals surface area contributed by atoms with Crippen LogP contribution in [0.15, 0.2) is 59.0 Å². The first kappa shape index (κ1) is 18.3. The Bertz CT molecular complexity index is 931. The van der Waals surface area contributed by atoms with Crippen molar-refractivity contribution in [3.8, 4) is 17.2 Å². The van der Waals surface area contributed by atoms with Crippen molar-refractivity contribution in [2.24, 2.45) is 0 Å². The van der Waals surface area contributed by atoms with Gasteiger partial charge in [-0.25, -0.2) is 4.98 Å². The second-order valence-electron chi connectivity index (χ2n) is 6.72. The van der Waals surface area contributed by atoms with Crippen LogP contribution in [-0.2, 0) is 22.7 Å². The Morgan fingerprint density at radius 2 is 1.89 bits per heavy atom. The lowest BCUT2D eigenvalue weighted by atomic mass is 10.1. The van der Waals surface area contributed by atoms with E-state index >= 15 is 0 Å². The van der Waals surface area contributed by atoms with Gasteiger partial charge in [0.05, 0.1) is 0 Å². The Morgan fingerprint density at radius 3 is 2.57 bits per heavy atom. The predicted molar refractivity (Wildman–Crippen MR) is 104 cm³/mol. The van der Waals surface area contributed by atoms with Gasteiger partial charge in [-0.05, 0) is 49.7 Å². The molecule has 144 valence electrons. The van der Waals surface area contributed by atoms with E-state index in [1.165, 1.54) is 0 Å². The summed E-state index contributed by atoms with van der Waals surface area (Å²) in [5.74, 6) is 1.86. The molecule has 0 bridgehead atoms. The quantitative estimate of drug-likeness (QED) is 0.633. The molecule has 1 fully saturated rings. The van der Waals surface area contributed by atoms with Crippen molar-refractivity contribution in [3.05, 3.63) is 71.6 Å². The molecule has 0 radical (unpaired) electrons. The fourth-order valence-electron chi connectivity index (χ4n) is 2.84. The molecule has 1 unspecified atom stereocenters. The molecule has 1 atom stereocenters. The van der Waals surface area contributed by atoms with E-state index in [1.54, 1.807) is 0 Å². The molecule has 0 amide bonds. The van der Waals surface area contributed by atoms with Crippen LogP contribution in [0.3, 0.4) is 0 Å². The third kappa shape index (κ3) is 4.23. The maximum absolute atomic E-state index is 11.7. The Labute approximate surface area is 163 Å². The van der Waals surface area contributed by atoms with Crippen molar-refractivity contribution in [2.75, 3.05) is 6.54 Å². The molecule has 6 heteroatoms. The third-order valence-electron chi connectivity index (χ3n) is 4.70. The summed E-state index contributed by atoms with van der Waals surface area (Å²) in [5.41, 5.74) is 2.63. The fraction of sp³-hybridized carbons (Fsp3) is 0.273. The zero-order valence-corrected chi connectivity index (χ0v) is 15.7. The van der Waals surface area contributed by atoms with Crippen LogP contribution in [0.5, 0.6) is 5.75 Å². The number of esters is 1. The van der Waals surface area contributed by atoms with Gasteiger partial charge in [-0.1, -0.05) is 30.3 Å². The standard InChI is InChI=1S/C22H22N2O4/c1-15-20(24-21(28-15)17-5-3-2-4-6-17)14-26-18-9-7-16(8-10-18)13-27-22(25)19-11-12-23-19/h2-10,19,23H,11-14H2,1H3. The van der Waals surface area contributed by atoms with Gasteiger partial charge in [-0.2, -0.15) is 0 Å². The van der Waals surface area contributed by atoms with Crippen LogP contribution in [0, 0.1) is 6.92 Å². The molecule has 3 aromatic rings. The molecule has 2 heterocycles. The number of carbonyl (C=O) groups is 1. The topological polar surface area (TPSA) is 73.6 Å². The second-order valence-corrected chi connectivity index (χ2v) is 6.72. The summed E-state index contributed by atoms with van der Waals surface area (Å²) >= 11 is 0. The molecule has 1 aliphatic heterocycles. The van der Waals surface area contributed by atoms with Crippen LogP contribution < -0.4 is 10.1 Å². The summed E-state index contributed by atoms with van der Waals surface area (Å²) in [6, 6.07) is 17.1. The van der Waals surface area contributed by atoms with Gasteiger partial charge in [-0.15, -0.1) is 0 Å². The molecule has 6 nitrogen and oxygen atoms in total. The first-order chi connectivity index (χ1) is 13.7. The fourth-order valence-corrected chi connectivity index (χ4v) is 2.84. The van der Waals surface area contributed by atoms with Gasteiger partial charge in [0.15, 0.2) is 0 Å². The van der Waals surface area contributed by atoms with Crippen LogP contribution >= 0.6 is 0 Å². The normalized spacial score (nSPS) is 15.7. The number of hydrogen-bond acceptors (Lipinski definition) is 6. The van der Waals surface area contributed by atoms with Crippen molar-refractivity contribution in [3.63, 3.8) is 0 Å². The van der Waals surface area contributed by atoms with E-state index < -0.39 is 0 Å². The Hall–Kier alpha value is -3.12. The van der Waals surface area contributed by atoms with E-state index in [-0.39, 0.29) is 18.6 Å². The minimum atomic E-state index is -0.192. The molecular weight excluding hydrogens is 356 g/mol. The van der Waals surface area contributed by atoms with E-state index in [1.807, 2.05) is 61.5 Å². The summed E-state index contributed by atoms with van der Waals surface area (Å²) in [5, 5.41) is 3.03. The number of rotatable bonds is 7. The number of ether oxygens (including phenoxy) is 2. The SMILES string of the molecule is Cc1oc(-c2ccccc2)nc1COc1ccc(COC(=O)C2CCN2)cc1.